The highest BCUT2D eigenvalue weighted by Gasteiger charge is 2.28. The predicted molar refractivity (Wildman–Crippen MR) is 81.6 cm³/mol. The molecule has 20 heavy (non-hydrogen) atoms. The van der Waals surface area contributed by atoms with Gasteiger partial charge in [0, 0.05) is 16.0 Å². The van der Waals surface area contributed by atoms with Gasteiger partial charge < -0.3 is 10.1 Å². The molecular formula is C16H15BrFNO. The smallest absolute Gasteiger partial charge is 0.147 e. The highest BCUT2D eigenvalue weighted by Crippen LogP contribution is 2.37. The quantitative estimate of drug-likeness (QED) is 0.853. The zero-order chi connectivity index (χ0) is 14.1. The Morgan fingerprint density at radius 2 is 2.05 bits per heavy atom. The molecule has 1 heterocycles. The van der Waals surface area contributed by atoms with Gasteiger partial charge in [-0.15, -0.1) is 0 Å². The summed E-state index contributed by atoms with van der Waals surface area (Å²) >= 11 is 3.27. The first-order valence-corrected chi connectivity index (χ1v) is 7.38. The maximum absolute atomic E-state index is 14.0. The average molecular weight is 336 g/mol. The lowest BCUT2D eigenvalue weighted by Gasteiger charge is -2.32. The van der Waals surface area contributed by atoms with Crippen LogP contribution in [0.2, 0.25) is 0 Å². The number of hydrogen-bond donors (Lipinski definition) is 1. The van der Waals surface area contributed by atoms with E-state index in [2.05, 4.69) is 28.2 Å². The molecule has 2 atom stereocenters. The summed E-state index contributed by atoms with van der Waals surface area (Å²) in [5, 5.41) is 3.31. The second-order valence-corrected chi connectivity index (χ2v) is 5.99. The largest absolute Gasteiger partial charge is 0.493 e. The van der Waals surface area contributed by atoms with E-state index in [4.69, 9.17) is 4.74 Å². The Balaban J connectivity index is 1.93. The minimum atomic E-state index is -0.254. The van der Waals surface area contributed by atoms with E-state index in [9.17, 15) is 4.39 Å². The molecule has 2 aromatic rings. The average Bonchev–Trinajstić information content (AvgIpc) is 2.44. The molecule has 4 heteroatoms. The fourth-order valence-electron chi connectivity index (χ4n) is 2.49. The minimum Gasteiger partial charge on any atom is -0.493 e. The van der Waals surface area contributed by atoms with E-state index in [0.717, 1.165) is 15.8 Å². The number of halogens is 2. The normalized spacial score (nSPS) is 20.9. The Hall–Kier alpha value is -1.55. The highest BCUT2D eigenvalue weighted by molar-refractivity contribution is 9.10. The van der Waals surface area contributed by atoms with Crippen LogP contribution in [0.3, 0.4) is 0 Å². The number of nitrogens with one attached hydrogen (secondary N) is 1. The van der Waals surface area contributed by atoms with Crippen molar-refractivity contribution in [1.82, 2.24) is 0 Å². The van der Waals surface area contributed by atoms with Crippen molar-refractivity contribution in [1.29, 1.82) is 0 Å². The number of hydrogen-bond acceptors (Lipinski definition) is 2. The van der Waals surface area contributed by atoms with Crippen molar-refractivity contribution in [2.45, 2.75) is 13.0 Å². The van der Waals surface area contributed by atoms with Gasteiger partial charge in [-0.05, 0) is 24.3 Å². The van der Waals surface area contributed by atoms with E-state index in [-0.39, 0.29) is 17.8 Å². The van der Waals surface area contributed by atoms with Crippen molar-refractivity contribution < 1.29 is 9.13 Å². The van der Waals surface area contributed by atoms with Crippen LogP contribution in [0.4, 0.5) is 10.1 Å². The number of benzene rings is 2. The summed E-state index contributed by atoms with van der Waals surface area (Å²) in [4.78, 5) is 0. The molecule has 0 amide bonds. The van der Waals surface area contributed by atoms with Gasteiger partial charge >= 0.3 is 0 Å². The molecule has 1 aliphatic rings. The Bertz CT molecular complexity index is 632. The first-order chi connectivity index (χ1) is 9.65. The fraction of sp³-hybridized carbons (Fsp3) is 0.250. The molecule has 104 valence electrons. The van der Waals surface area contributed by atoms with Gasteiger partial charge in [0.25, 0.3) is 0 Å². The van der Waals surface area contributed by atoms with Gasteiger partial charge in [0.2, 0.25) is 0 Å². The highest BCUT2D eigenvalue weighted by atomic mass is 79.9. The van der Waals surface area contributed by atoms with Crippen molar-refractivity contribution >= 4 is 21.6 Å². The molecule has 1 N–H and O–H groups in total. The number of fused-ring (bicyclic) bond motifs is 1. The molecule has 0 spiro atoms. The molecule has 2 aromatic carbocycles. The standard InChI is InChI=1S/C16H15BrFNO/c1-10-9-20-15-5-3-2-4-12(15)16(10)19-14-7-6-11(17)8-13(14)18/h2-8,10,16,19H,9H2,1H3. The predicted octanol–water partition coefficient (Wildman–Crippen LogP) is 4.77. The first-order valence-electron chi connectivity index (χ1n) is 6.58. The van der Waals surface area contributed by atoms with Gasteiger partial charge in [-0.3, -0.25) is 0 Å². The summed E-state index contributed by atoms with van der Waals surface area (Å²) in [7, 11) is 0. The van der Waals surface area contributed by atoms with E-state index in [1.54, 1.807) is 6.07 Å². The summed E-state index contributed by atoms with van der Waals surface area (Å²) in [6, 6.07) is 13.0. The third-order valence-electron chi connectivity index (χ3n) is 3.57. The van der Waals surface area contributed by atoms with Gasteiger partial charge in [0.05, 0.1) is 18.3 Å². The summed E-state index contributed by atoms with van der Waals surface area (Å²) in [5.41, 5.74) is 1.59. The Labute approximate surface area is 126 Å². The summed E-state index contributed by atoms with van der Waals surface area (Å²) < 4.78 is 20.4. The lowest BCUT2D eigenvalue weighted by atomic mass is 9.92. The van der Waals surface area contributed by atoms with E-state index >= 15 is 0 Å². The number of ether oxygens (including phenoxy) is 1. The number of anilines is 1. The summed E-state index contributed by atoms with van der Waals surface area (Å²) in [6.07, 6.45) is 0. The molecule has 0 aromatic heterocycles. The SMILES string of the molecule is CC1COc2ccccc2C1Nc1ccc(Br)cc1F. The van der Waals surface area contributed by atoms with Crippen LogP contribution in [0.1, 0.15) is 18.5 Å². The molecule has 3 rings (SSSR count). The lowest BCUT2D eigenvalue weighted by Crippen LogP contribution is -2.29. The van der Waals surface area contributed by atoms with Gasteiger partial charge in [0.1, 0.15) is 11.6 Å². The van der Waals surface area contributed by atoms with Crippen LogP contribution in [-0.2, 0) is 0 Å². The maximum Gasteiger partial charge on any atom is 0.147 e. The molecule has 0 saturated heterocycles. The summed E-state index contributed by atoms with van der Waals surface area (Å²) in [6.45, 7) is 2.73. The van der Waals surface area contributed by atoms with Crippen LogP contribution in [0.5, 0.6) is 5.75 Å². The molecule has 2 nitrogen and oxygen atoms in total. The zero-order valence-electron chi connectivity index (χ0n) is 11.1. The fourth-order valence-corrected chi connectivity index (χ4v) is 2.82. The molecular weight excluding hydrogens is 321 g/mol. The van der Waals surface area contributed by atoms with Crippen LogP contribution in [0, 0.1) is 11.7 Å². The van der Waals surface area contributed by atoms with E-state index in [0.29, 0.717) is 12.3 Å². The topological polar surface area (TPSA) is 21.3 Å². The zero-order valence-corrected chi connectivity index (χ0v) is 12.7. The van der Waals surface area contributed by atoms with Crippen molar-refractivity contribution in [3.05, 3.63) is 58.3 Å². The maximum atomic E-state index is 14.0. The Morgan fingerprint density at radius 1 is 1.25 bits per heavy atom. The third-order valence-corrected chi connectivity index (χ3v) is 4.06. The molecule has 2 unspecified atom stereocenters. The second-order valence-electron chi connectivity index (χ2n) is 5.07. The molecule has 0 saturated carbocycles. The van der Waals surface area contributed by atoms with Crippen LogP contribution in [0.15, 0.2) is 46.9 Å². The van der Waals surface area contributed by atoms with E-state index in [1.165, 1.54) is 6.07 Å². The van der Waals surface area contributed by atoms with Gasteiger partial charge in [-0.1, -0.05) is 41.1 Å². The van der Waals surface area contributed by atoms with Gasteiger partial charge in [0.15, 0.2) is 0 Å². The molecule has 0 fully saturated rings. The summed E-state index contributed by atoms with van der Waals surface area (Å²) in [5.74, 6) is 0.893. The van der Waals surface area contributed by atoms with E-state index in [1.807, 2.05) is 30.3 Å². The minimum absolute atomic E-state index is 0.0515. The van der Waals surface area contributed by atoms with Crippen LogP contribution in [0.25, 0.3) is 0 Å². The van der Waals surface area contributed by atoms with Gasteiger partial charge in [-0.2, -0.15) is 0 Å². The number of para-hydroxylation sites is 1. The third kappa shape index (κ3) is 2.52. The monoisotopic (exact) mass is 335 g/mol. The molecule has 0 radical (unpaired) electrons. The Kier molecular flexibility index (Phi) is 3.66. The second kappa shape index (κ2) is 5.44. The van der Waals surface area contributed by atoms with Crippen LogP contribution < -0.4 is 10.1 Å². The molecule has 1 aliphatic heterocycles. The van der Waals surface area contributed by atoms with Crippen molar-refractivity contribution in [2.75, 3.05) is 11.9 Å². The first kappa shape index (κ1) is 13.4. The molecule has 0 aliphatic carbocycles. The molecule has 0 bridgehead atoms. The lowest BCUT2D eigenvalue weighted by molar-refractivity contribution is 0.214. The van der Waals surface area contributed by atoms with Crippen molar-refractivity contribution in [2.24, 2.45) is 5.92 Å². The van der Waals surface area contributed by atoms with E-state index < -0.39 is 0 Å². The van der Waals surface area contributed by atoms with Gasteiger partial charge in [-0.25, -0.2) is 4.39 Å². The number of rotatable bonds is 2. The van der Waals surface area contributed by atoms with Crippen molar-refractivity contribution in [3.63, 3.8) is 0 Å². The van der Waals surface area contributed by atoms with Crippen molar-refractivity contribution in [3.8, 4) is 5.75 Å². The Morgan fingerprint density at radius 3 is 2.85 bits per heavy atom. The van der Waals surface area contributed by atoms with Crippen LogP contribution >= 0.6 is 15.9 Å². The van der Waals surface area contributed by atoms with Crippen LogP contribution in [-0.4, -0.2) is 6.61 Å².